The normalized spacial score (nSPS) is 18.6. The maximum atomic E-state index is 12.5. The molecular formula is C17H26N6O3S2. The number of rotatable bonds is 6. The van der Waals surface area contributed by atoms with E-state index in [0.717, 1.165) is 18.1 Å². The Hall–Kier alpha value is -1.95. The van der Waals surface area contributed by atoms with Crippen molar-refractivity contribution in [2.45, 2.75) is 10.3 Å². The minimum Gasteiger partial charge on any atom is -0.370 e. The molecule has 11 heteroatoms. The SMILES string of the molecule is CN=C(NCCN(C)S(=O)(=O)c1cccs1)N1CCOC(c2cnn(C)c2)C1. The minimum atomic E-state index is -3.44. The molecule has 1 unspecified atom stereocenters. The molecule has 1 N–H and O–H groups in total. The van der Waals surface area contributed by atoms with Crippen LogP contribution in [0.25, 0.3) is 0 Å². The summed E-state index contributed by atoms with van der Waals surface area (Å²) < 4.78 is 34.3. The van der Waals surface area contributed by atoms with Crippen LogP contribution in [0.2, 0.25) is 0 Å². The molecule has 3 rings (SSSR count). The molecule has 154 valence electrons. The summed E-state index contributed by atoms with van der Waals surface area (Å²) in [5.74, 6) is 0.735. The number of morpholine rings is 1. The fraction of sp³-hybridized carbons (Fsp3) is 0.529. The standard InChI is InChI=1S/C17H26N6O3S2/c1-18-17(19-6-7-22(3)28(24,25)16-5-4-10-27-16)23-8-9-26-15(13-23)14-11-20-21(2)12-14/h4-5,10-12,15H,6-9,13H2,1-3H3,(H,18,19). The lowest BCUT2D eigenvalue weighted by Crippen LogP contribution is -2.49. The summed E-state index contributed by atoms with van der Waals surface area (Å²) in [7, 11) is 1.76. The van der Waals surface area contributed by atoms with E-state index in [9.17, 15) is 8.42 Å². The number of aliphatic imine (C=N–C) groups is 1. The number of sulfonamides is 1. The third-order valence-corrected chi connectivity index (χ3v) is 7.77. The van der Waals surface area contributed by atoms with Gasteiger partial charge in [-0.2, -0.15) is 9.40 Å². The fourth-order valence-corrected chi connectivity index (χ4v) is 5.36. The molecule has 0 aromatic carbocycles. The molecule has 2 aromatic rings. The number of hydrogen-bond acceptors (Lipinski definition) is 6. The van der Waals surface area contributed by atoms with Gasteiger partial charge in [0.1, 0.15) is 10.3 Å². The number of thiophene rings is 1. The maximum Gasteiger partial charge on any atom is 0.252 e. The van der Waals surface area contributed by atoms with Gasteiger partial charge in [-0.25, -0.2) is 8.42 Å². The van der Waals surface area contributed by atoms with Crippen molar-refractivity contribution in [3.05, 3.63) is 35.5 Å². The molecule has 1 atom stereocenters. The van der Waals surface area contributed by atoms with E-state index < -0.39 is 10.0 Å². The van der Waals surface area contributed by atoms with Crippen molar-refractivity contribution in [1.29, 1.82) is 0 Å². The Morgan fingerprint density at radius 1 is 1.54 bits per heavy atom. The van der Waals surface area contributed by atoms with E-state index in [2.05, 4.69) is 20.3 Å². The number of ether oxygens (including phenoxy) is 1. The highest BCUT2D eigenvalue weighted by atomic mass is 32.2. The van der Waals surface area contributed by atoms with E-state index in [4.69, 9.17) is 4.74 Å². The van der Waals surface area contributed by atoms with Crippen LogP contribution < -0.4 is 5.32 Å². The zero-order valence-corrected chi connectivity index (χ0v) is 17.9. The third-order valence-electron chi connectivity index (χ3n) is 4.54. The van der Waals surface area contributed by atoms with E-state index in [1.54, 1.807) is 36.3 Å². The van der Waals surface area contributed by atoms with Crippen LogP contribution in [0, 0.1) is 0 Å². The summed E-state index contributed by atoms with van der Waals surface area (Å²) >= 11 is 1.22. The number of guanidine groups is 1. The molecular weight excluding hydrogens is 400 g/mol. The number of likely N-dealkylation sites (N-methyl/N-ethyl adjacent to an activating group) is 1. The number of aromatic nitrogens is 2. The molecule has 0 radical (unpaired) electrons. The van der Waals surface area contributed by atoms with Crippen molar-refractivity contribution in [1.82, 2.24) is 24.3 Å². The van der Waals surface area contributed by atoms with Crippen LogP contribution >= 0.6 is 11.3 Å². The van der Waals surface area contributed by atoms with Gasteiger partial charge in [-0.1, -0.05) is 6.07 Å². The first-order chi connectivity index (χ1) is 13.4. The monoisotopic (exact) mass is 426 g/mol. The van der Waals surface area contributed by atoms with Crippen molar-refractivity contribution < 1.29 is 13.2 Å². The quantitative estimate of drug-likeness (QED) is 0.541. The second-order valence-electron chi connectivity index (χ2n) is 6.49. The van der Waals surface area contributed by atoms with Gasteiger partial charge in [0.05, 0.1) is 19.3 Å². The molecule has 3 heterocycles. The first-order valence-electron chi connectivity index (χ1n) is 8.97. The Balaban J connectivity index is 1.54. The highest BCUT2D eigenvalue weighted by molar-refractivity contribution is 7.91. The predicted octanol–water partition coefficient (Wildman–Crippen LogP) is 0.751. The van der Waals surface area contributed by atoms with E-state index in [1.807, 2.05) is 19.4 Å². The van der Waals surface area contributed by atoms with Crippen molar-refractivity contribution >= 4 is 27.3 Å². The molecule has 1 aliphatic rings. The van der Waals surface area contributed by atoms with Gasteiger partial charge in [0.15, 0.2) is 5.96 Å². The zero-order valence-electron chi connectivity index (χ0n) is 16.3. The Morgan fingerprint density at radius 2 is 2.36 bits per heavy atom. The van der Waals surface area contributed by atoms with Crippen LogP contribution in [0.1, 0.15) is 11.7 Å². The first kappa shape index (κ1) is 20.8. The molecule has 1 aliphatic heterocycles. The van der Waals surface area contributed by atoms with Gasteiger partial charge in [-0.3, -0.25) is 9.67 Å². The molecule has 1 fully saturated rings. The lowest BCUT2D eigenvalue weighted by molar-refractivity contribution is -0.00802. The molecule has 0 saturated carbocycles. The van der Waals surface area contributed by atoms with Crippen LogP contribution in [-0.4, -0.2) is 80.2 Å². The fourth-order valence-electron chi connectivity index (χ4n) is 2.99. The lowest BCUT2D eigenvalue weighted by atomic mass is 10.1. The second-order valence-corrected chi connectivity index (χ2v) is 9.70. The topological polar surface area (TPSA) is 92.1 Å². The number of hydrogen-bond donors (Lipinski definition) is 1. The Labute approximate surface area is 169 Å². The average molecular weight is 427 g/mol. The Bertz CT molecular complexity index is 894. The third kappa shape index (κ3) is 4.72. The molecule has 0 spiro atoms. The van der Waals surface area contributed by atoms with Crippen molar-refractivity contribution in [2.75, 3.05) is 46.9 Å². The number of nitrogens with one attached hydrogen (secondary N) is 1. The molecule has 0 bridgehead atoms. The number of nitrogens with zero attached hydrogens (tertiary/aromatic N) is 5. The van der Waals surface area contributed by atoms with E-state index >= 15 is 0 Å². The van der Waals surface area contributed by atoms with Crippen molar-refractivity contribution in [2.24, 2.45) is 12.0 Å². The van der Waals surface area contributed by atoms with Crippen LogP contribution in [0.5, 0.6) is 0 Å². The smallest absolute Gasteiger partial charge is 0.252 e. The minimum absolute atomic E-state index is 0.0668. The largest absolute Gasteiger partial charge is 0.370 e. The molecule has 0 amide bonds. The Kier molecular flexibility index (Phi) is 6.70. The summed E-state index contributed by atoms with van der Waals surface area (Å²) in [6, 6.07) is 3.36. The van der Waals surface area contributed by atoms with Gasteiger partial charge >= 0.3 is 0 Å². The summed E-state index contributed by atoms with van der Waals surface area (Å²) in [6.45, 7) is 2.78. The van der Waals surface area contributed by atoms with Crippen LogP contribution in [0.15, 0.2) is 39.1 Å². The van der Waals surface area contributed by atoms with Crippen molar-refractivity contribution in [3.63, 3.8) is 0 Å². The van der Waals surface area contributed by atoms with Gasteiger partial charge < -0.3 is 15.0 Å². The molecule has 2 aromatic heterocycles. The van der Waals surface area contributed by atoms with Crippen molar-refractivity contribution in [3.8, 4) is 0 Å². The Morgan fingerprint density at radius 3 is 3.00 bits per heavy atom. The summed E-state index contributed by atoms with van der Waals surface area (Å²) in [4.78, 5) is 6.46. The van der Waals surface area contributed by atoms with E-state index in [1.165, 1.54) is 15.6 Å². The van der Waals surface area contributed by atoms with Crippen LogP contribution in [0.3, 0.4) is 0 Å². The van der Waals surface area contributed by atoms with Gasteiger partial charge in [0, 0.05) is 52.5 Å². The average Bonchev–Trinajstić information content (AvgIpc) is 3.37. The second kappa shape index (κ2) is 9.03. The van der Waals surface area contributed by atoms with Crippen LogP contribution in [0.4, 0.5) is 0 Å². The summed E-state index contributed by atoms with van der Waals surface area (Å²) in [6.07, 6.45) is 3.70. The number of aryl methyl sites for hydroxylation is 1. The summed E-state index contributed by atoms with van der Waals surface area (Å²) in [5.41, 5.74) is 1.03. The van der Waals surface area contributed by atoms with Crippen LogP contribution in [-0.2, 0) is 21.8 Å². The molecule has 9 nitrogen and oxygen atoms in total. The maximum absolute atomic E-state index is 12.5. The van der Waals surface area contributed by atoms with Gasteiger partial charge in [-0.05, 0) is 11.4 Å². The lowest BCUT2D eigenvalue weighted by Gasteiger charge is -2.35. The molecule has 0 aliphatic carbocycles. The zero-order chi connectivity index (χ0) is 20.1. The first-order valence-corrected chi connectivity index (χ1v) is 11.3. The van der Waals surface area contributed by atoms with Gasteiger partial charge in [-0.15, -0.1) is 11.3 Å². The highest BCUT2D eigenvalue weighted by Crippen LogP contribution is 2.22. The van der Waals surface area contributed by atoms with E-state index in [0.29, 0.717) is 30.5 Å². The highest BCUT2D eigenvalue weighted by Gasteiger charge is 2.26. The van der Waals surface area contributed by atoms with E-state index in [-0.39, 0.29) is 6.10 Å². The molecule has 28 heavy (non-hydrogen) atoms. The predicted molar refractivity (Wildman–Crippen MR) is 109 cm³/mol. The van der Waals surface area contributed by atoms with Gasteiger partial charge in [0.25, 0.3) is 10.0 Å². The summed E-state index contributed by atoms with van der Waals surface area (Å²) in [5, 5.41) is 9.23. The van der Waals surface area contributed by atoms with Gasteiger partial charge in [0.2, 0.25) is 0 Å². The molecule has 1 saturated heterocycles.